The first-order valence-corrected chi connectivity index (χ1v) is 6.75. The van der Waals surface area contributed by atoms with Gasteiger partial charge in [-0.3, -0.25) is 0 Å². The molecule has 0 radical (unpaired) electrons. The third-order valence-corrected chi connectivity index (χ3v) is 4.35. The first-order valence-electron chi connectivity index (χ1n) is 6.75. The van der Waals surface area contributed by atoms with E-state index in [0.717, 1.165) is 19.0 Å². The Morgan fingerprint density at radius 2 is 1.81 bits per heavy atom. The SMILES string of the molecule is CCC(C)(N)CN(C)C1CCC(C)(C)CC1. The molecular weight excluding hydrogens is 196 g/mol. The summed E-state index contributed by atoms with van der Waals surface area (Å²) in [6, 6.07) is 0.752. The highest BCUT2D eigenvalue weighted by atomic mass is 15.1. The van der Waals surface area contributed by atoms with E-state index in [4.69, 9.17) is 5.73 Å². The Morgan fingerprint density at radius 1 is 1.31 bits per heavy atom. The molecule has 0 amide bonds. The van der Waals surface area contributed by atoms with Crippen molar-refractivity contribution < 1.29 is 0 Å². The van der Waals surface area contributed by atoms with E-state index in [1.54, 1.807) is 0 Å². The Bertz CT molecular complexity index is 211. The normalized spacial score (nSPS) is 25.7. The molecule has 2 heteroatoms. The minimum absolute atomic E-state index is 0.0261. The second-order valence-electron chi connectivity index (χ2n) is 6.82. The molecule has 1 saturated carbocycles. The standard InChI is InChI=1S/C14H30N2/c1-6-14(4,15)11-16(5)12-7-9-13(2,3)10-8-12/h12H,6-11,15H2,1-5H3. The van der Waals surface area contributed by atoms with E-state index in [1.807, 2.05) is 0 Å². The van der Waals surface area contributed by atoms with E-state index in [0.29, 0.717) is 5.41 Å². The number of hydrogen-bond acceptors (Lipinski definition) is 2. The van der Waals surface area contributed by atoms with Gasteiger partial charge in [-0.25, -0.2) is 0 Å². The zero-order chi connectivity index (χ0) is 12.4. The summed E-state index contributed by atoms with van der Waals surface area (Å²) in [5.41, 5.74) is 6.77. The quantitative estimate of drug-likeness (QED) is 0.798. The summed E-state index contributed by atoms with van der Waals surface area (Å²) in [7, 11) is 2.24. The van der Waals surface area contributed by atoms with Crippen molar-refractivity contribution in [3.63, 3.8) is 0 Å². The Labute approximate surface area is 102 Å². The van der Waals surface area contributed by atoms with Gasteiger partial charge in [0.25, 0.3) is 0 Å². The third-order valence-electron chi connectivity index (χ3n) is 4.35. The van der Waals surface area contributed by atoms with Gasteiger partial charge in [-0.05, 0) is 51.5 Å². The van der Waals surface area contributed by atoms with Gasteiger partial charge in [0.05, 0.1) is 0 Å². The van der Waals surface area contributed by atoms with Gasteiger partial charge in [-0.1, -0.05) is 20.8 Å². The predicted molar refractivity (Wildman–Crippen MR) is 71.6 cm³/mol. The van der Waals surface area contributed by atoms with Crippen molar-refractivity contribution in [3.8, 4) is 0 Å². The van der Waals surface area contributed by atoms with Gasteiger partial charge in [-0.2, -0.15) is 0 Å². The highest BCUT2D eigenvalue weighted by Gasteiger charge is 2.30. The largest absolute Gasteiger partial charge is 0.324 e. The maximum absolute atomic E-state index is 6.24. The van der Waals surface area contributed by atoms with E-state index >= 15 is 0 Å². The molecule has 1 rings (SSSR count). The van der Waals surface area contributed by atoms with Crippen LogP contribution in [0, 0.1) is 5.41 Å². The first-order chi connectivity index (χ1) is 7.26. The van der Waals surface area contributed by atoms with Crippen LogP contribution in [0.4, 0.5) is 0 Å². The van der Waals surface area contributed by atoms with Gasteiger partial charge in [0.2, 0.25) is 0 Å². The summed E-state index contributed by atoms with van der Waals surface area (Å²) in [6.07, 6.45) is 6.44. The number of hydrogen-bond donors (Lipinski definition) is 1. The van der Waals surface area contributed by atoms with E-state index in [-0.39, 0.29) is 5.54 Å². The van der Waals surface area contributed by atoms with Crippen molar-refractivity contribution in [3.05, 3.63) is 0 Å². The van der Waals surface area contributed by atoms with Crippen molar-refractivity contribution in [2.75, 3.05) is 13.6 Å². The highest BCUT2D eigenvalue weighted by Crippen LogP contribution is 2.36. The molecule has 1 atom stereocenters. The lowest BCUT2D eigenvalue weighted by atomic mass is 9.75. The second-order valence-corrected chi connectivity index (χ2v) is 6.82. The van der Waals surface area contributed by atoms with Crippen LogP contribution in [0.15, 0.2) is 0 Å². The van der Waals surface area contributed by atoms with Crippen molar-refractivity contribution in [1.29, 1.82) is 0 Å². The van der Waals surface area contributed by atoms with Gasteiger partial charge in [0, 0.05) is 18.1 Å². The summed E-state index contributed by atoms with van der Waals surface area (Å²) in [5, 5.41) is 0. The molecule has 1 aliphatic rings. The zero-order valence-corrected chi connectivity index (χ0v) is 11.8. The molecule has 0 heterocycles. The number of likely N-dealkylation sites (N-methyl/N-ethyl adjacent to an activating group) is 1. The molecule has 2 nitrogen and oxygen atoms in total. The number of rotatable bonds is 4. The van der Waals surface area contributed by atoms with E-state index in [9.17, 15) is 0 Å². The van der Waals surface area contributed by atoms with Crippen LogP contribution in [0.2, 0.25) is 0 Å². The molecule has 1 aliphatic carbocycles. The molecule has 2 N–H and O–H groups in total. The second kappa shape index (κ2) is 5.05. The maximum Gasteiger partial charge on any atom is 0.0252 e. The first kappa shape index (κ1) is 14.0. The van der Waals surface area contributed by atoms with Crippen molar-refractivity contribution in [2.45, 2.75) is 71.4 Å². The molecule has 0 aromatic rings. The van der Waals surface area contributed by atoms with Gasteiger partial charge < -0.3 is 10.6 Å². The fourth-order valence-electron chi connectivity index (χ4n) is 2.64. The molecule has 0 aromatic carbocycles. The van der Waals surface area contributed by atoms with E-state index < -0.39 is 0 Å². The molecule has 0 spiro atoms. The molecular formula is C14H30N2. The fraction of sp³-hybridized carbons (Fsp3) is 1.00. The van der Waals surface area contributed by atoms with Crippen LogP contribution in [0.5, 0.6) is 0 Å². The Hall–Kier alpha value is -0.0800. The average molecular weight is 226 g/mol. The molecule has 0 bridgehead atoms. The predicted octanol–water partition coefficient (Wildman–Crippen LogP) is 3.01. The Morgan fingerprint density at radius 3 is 2.25 bits per heavy atom. The molecule has 0 saturated heterocycles. The monoisotopic (exact) mass is 226 g/mol. The molecule has 0 aromatic heterocycles. The van der Waals surface area contributed by atoms with Crippen LogP contribution in [0.1, 0.15) is 59.8 Å². The topological polar surface area (TPSA) is 29.3 Å². The minimum Gasteiger partial charge on any atom is -0.324 e. The average Bonchev–Trinajstić information content (AvgIpc) is 2.16. The highest BCUT2D eigenvalue weighted by molar-refractivity contribution is 4.87. The fourth-order valence-corrected chi connectivity index (χ4v) is 2.64. The minimum atomic E-state index is -0.0261. The van der Waals surface area contributed by atoms with Crippen LogP contribution >= 0.6 is 0 Å². The number of nitrogens with zero attached hydrogens (tertiary/aromatic N) is 1. The van der Waals surface area contributed by atoms with Crippen LogP contribution in [-0.4, -0.2) is 30.1 Å². The molecule has 1 unspecified atom stereocenters. The van der Waals surface area contributed by atoms with E-state index in [2.05, 4.69) is 39.6 Å². The number of nitrogens with two attached hydrogens (primary N) is 1. The summed E-state index contributed by atoms with van der Waals surface area (Å²) in [6.45, 7) is 10.1. The van der Waals surface area contributed by atoms with Crippen LogP contribution in [0.25, 0.3) is 0 Å². The van der Waals surface area contributed by atoms with E-state index in [1.165, 1.54) is 25.7 Å². The summed E-state index contributed by atoms with van der Waals surface area (Å²) >= 11 is 0. The summed E-state index contributed by atoms with van der Waals surface area (Å²) in [5.74, 6) is 0. The van der Waals surface area contributed by atoms with Crippen molar-refractivity contribution >= 4 is 0 Å². The van der Waals surface area contributed by atoms with Crippen molar-refractivity contribution in [2.24, 2.45) is 11.1 Å². The zero-order valence-electron chi connectivity index (χ0n) is 11.8. The Balaban J connectivity index is 2.42. The molecule has 0 aliphatic heterocycles. The Kier molecular flexibility index (Phi) is 4.42. The van der Waals surface area contributed by atoms with Gasteiger partial charge in [-0.15, -0.1) is 0 Å². The van der Waals surface area contributed by atoms with Crippen LogP contribution in [0.3, 0.4) is 0 Å². The smallest absolute Gasteiger partial charge is 0.0252 e. The molecule has 96 valence electrons. The summed E-state index contributed by atoms with van der Waals surface area (Å²) in [4.78, 5) is 2.48. The van der Waals surface area contributed by atoms with Gasteiger partial charge in [0.1, 0.15) is 0 Å². The lowest BCUT2D eigenvalue weighted by molar-refractivity contribution is 0.110. The van der Waals surface area contributed by atoms with Crippen LogP contribution in [-0.2, 0) is 0 Å². The lowest BCUT2D eigenvalue weighted by Crippen LogP contribution is -2.50. The van der Waals surface area contributed by atoms with Crippen LogP contribution < -0.4 is 5.73 Å². The van der Waals surface area contributed by atoms with Gasteiger partial charge >= 0.3 is 0 Å². The maximum atomic E-state index is 6.24. The third kappa shape index (κ3) is 4.06. The molecule has 1 fully saturated rings. The van der Waals surface area contributed by atoms with Gasteiger partial charge in [0.15, 0.2) is 0 Å². The molecule has 16 heavy (non-hydrogen) atoms. The van der Waals surface area contributed by atoms with Crippen molar-refractivity contribution in [1.82, 2.24) is 4.90 Å². The lowest BCUT2D eigenvalue weighted by Gasteiger charge is -2.41. The summed E-state index contributed by atoms with van der Waals surface area (Å²) < 4.78 is 0.